The van der Waals surface area contributed by atoms with Crippen molar-refractivity contribution in [1.29, 1.82) is 0 Å². The average molecular weight is 819 g/mol. The molecule has 0 aliphatic carbocycles. The number of hydrogen-bond donors (Lipinski definition) is 2. The largest absolute Gasteiger partial charge is 0.394 e. The van der Waals surface area contributed by atoms with Gasteiger partial charge in [0.1, 0.15) is 17.7 Å². The van der Waals surface area contributed by atoms with E-state index in [0.717, 1.165) is 57.8 Å². The van der Waals surface area contributed by atoms with Gasteiger partial charge in [-0.15, -0.1) is 0 Å². The van der Waals surface area contributed by atoms with Crippen LogP contribution in [-0.2, 0) is 14.3 Å². The van der Waals surface area contributed by atoms with Crippen molar-refractivity contribution in [3.05, 3.63) is 12.2 Å². The van der Waals surface area contributed by atoms with Crippen LogP contribution >= 0.6 is 0 Å². The Morgan fingerprint density at radius 3 is 1.21 bits per heavy atom. The van der Waals surface area contributed by atoms with Crippen LogP contribution in [-0.4, -0.2) is 47.2 Å². The number of ether oxygens (including phenoxy) is 1. The summed E-state index contributed by atoms with van der Waals surface area (Å²) in [7, 11) is 0. The summed E-state index contributed by atoms with van der Waals surface area (Å²) in [5.74, 6) is 0.0574. The molecule has 0 fully saturated rings. The summed E-state index contributed by atoms with van der Waals surface area (Å²) in [5, 5.41) is 19.7. The first-order valence-electron chi connectivity index (χ1n) is 26.1. The third-order valence-corrected chi connectivity index (χ3v) is 12.4. The molecule has 0 rings (SSSR count). The normalized spacial score (nSPS) is 13.4. The number of carbonyl (C=O) groups is 2. The van der Waals surface area contributed by atoms with Gasteiger partial charge in [-0.2, -0.15) is 0 Å². The van der Waals surface area contributed by atoms with Crippen LogP contribution in [0.1, 0.15) is 284 Å². The zero-order valence-electron chi connectivity index (χ0n) is 39.4. The number of Topliss-reactive ketones (excluding diaryl/α,β-unsaturated/α-hetero) is 2. The first-order chi connectivity index (χ1) is 28.5. The molecule has 0 amide bonds. The second kappa shape index (κ2) is 47.0. The summed E-state index contributed by atoms with van der Waals surface area (Å²) in [6, 6.07) is 0. The van der Waals surface area contributed by atoms with Gasteiger partial charge in [0.15, 0.2) is 0 Å². The first kappa shape index (κ1) is 57.0. The first-order valence-corrected chi connectivity index (χ1v) is 26.1. The maximum atomic E-state index is 13.9. The second-order valence-electron chi connectivity index (χ2n) is 18.2. The third kappa shape index (κ3) is 40.4. The number of hydrogen-bond acceptors (Lipinski definition) is 5. The van der Waals surface area contributed by atoms with Gasteiger partial charge in [0, 0.05) is 25.2 Å². The van der Waals surface area contributed by atoms with E-state index in [1.807, 2.05) is 0 Å². The fraction of sp³-hybridized carbons (Fsp3) is 0.925. The highest BCUT2D eigenvalue weighted by atomic mass is 16.5. The molecule has 0 aromatic carbocycles. The van der Waals surface area contributed by atoms with E-state index in [4.69, 9.17) is 4.74 Å². The van der Waals surface area contributed by atoms with Crippen molar-refractivity contribution in [2.75, 3.05) is 13.2 Å². The van der Waals surface area contributed by atoms with Crippen LogP contribution in [0.5, 0.6) is 0 Å². The van der Waals surface area contributed by atoms with E-state index in [0.29, 0.717) is 12.8 Å². The lowest BCUT2D eigenvalue weighted by Gasteiger charge is -2.27. The number of rotatable bonds is 49. The summed E-state index contributed by atoms with van der Waals surface area (Å²) in [6.45, 7) is 6.38. The number of carbonyl (C=O) groups excluding carboxylic acids is 2. The molecule has 0 bridgehead atoms. The molecule has 2 N–H and O–H groups in total. The van der Waals surface area contributed by atoms with E-state index in [1.54, 1.807) is 0 Å². The molecular weight excluding hydrogens is 717 g/mol. The molecule has 0 aliphatic heterocycles. The molecule has 5 nitrogen and oxygen atoms in total. The fourth-order valence-corrected chi connectivity index (χ4v) is 8.41. The zero-order valence-corrected chi connectivity index (χ0v) is 39.4. The quantitative estimate of drug-likeness (QED) is 0.0472. The van der Waals surface area contributed by atoms with E-state index in [2.05, 4.69) is 32.9 Å². The Bertz CT molecular complexity index is 871. The summed E-state index contributed by atoms with van der Waals surface area (Å²) in [6.07, 6.45) is 51.7. The Balaban J connectivity index is 4.92. The van der Waals surface area contributed by atoms with Gasteiger partial charge in [-0.05, 0) is 44.9 Å². The highest BCUT2D eigenvalue weighted by molar-refractivity contribution is 5.84. The summed E-state index contributed by atoms with van der Waals surface area (Å²) in [4.78, 5) is 27.3. The van der Waals surface area contributed by atoms with Gasteiger partial charge in [-0.1, -0.05) is 232 Å². The van der Waals surface area contributed by atoms with Crippen molar-refractivity contribution in [2.45, 2.75) is 296 Å². The second-order valence-corrected chi connectivity index (χ2v) is 18.2. The molecule has 5 heteroatoms. The molecule has 0 spiro atoms. The minimum absolute atomic E-state index is 0.0426. The number of aliphatic hydroxyl groups is 2. The van der Waals surface area contributed by atoms with Gasteiger partial charge in [0.25, 0.3) is 0 Å². The van der Waals surface area contributed by atoms with Gasteiger partial charge in [0.05, 0.1) is 19.3 Å². The van der Waals surface area contributed by atoms with Crippen LogP contribution in [0.2, 0.25) is 0 Å². The van der Waals surface area contributed by atoms with E-state index in [1.165, 1.54) is 186 Å². The van der Waals surface area contributed by atoms with E-state index < -0.39 is 12.2 Å². The topological polar surface area (TPSA) is 83.8 Å². The molecular formula is C53H102O5. The van der Waals surface area contributed by atoms with Crippen molar-refractivity contribution in [2.24, 2.45) is 5.92 Å². The molecule has 0 aliphatic rings. The van der Waals surface area contributed by atoms with E-state index in [9.17, 15) is 19.8 Å². The van der Waals surface area contributed by atoms with Crippen LogP contribution in [0, 0.1) is 5.92 Å². The highest BCUT2D eigenvalue weighted by Crippen LogP contribution is 2.26. The number of unbranched alkanes of at least 4 members (excludes halogenated alkanes) is 33. The molecule has 0 saturated carbocycles. The average Bonchev–Trinajstić information content (AvgIpc) is 3.22. The molecule has 3 atom stereocenters. The summed E-state index contributed by atoms with van der Waals surface area (Å²) in [5.41, 5.74) is 0. The lowest BCUT2D eigenvalue weighted by atomic mass is 9.85. The maximum Gasteiger partial charge on any atom is 0.138 e. The predicted molar refractivity (Wildman–Crippen MR) is 252 cm³/mol. The lowest BCUT2D eigenvalue weighted by Crippen LogP contribution is -2.35. The third-order valence-electron chi connectivity index (χ3n) is 12.4. The van der Waals surface area contributed by atoms with Crippen LogP contribution in [0.25, 0.3) is 0 Å². The Morgan fingerprint density at radius 1 is 0.466 bits per heavy atom. The van der Waals surface area contributed by atoms with Gasteiger partial charge in [-0.3, -0.25) is 9.59 Å². The summed E-state index contributed by atoms with van der Waals surface area (Å²) < 4.78 is 6.19. The molecule has 0 aromatic rings. The smallest absolute Gasteiger partial charge is 0.138 e. The minimum atomic E-state index is -1.00. The zero-order chi connectivity index (χ0) is 42.4. The molecule has 58 heavy (non-hydrogen) atoms. The molecule has 0 saturated heterocycles. The standard InChI is InChI=1S/C53H102O5/c1-4-7-10-13-16-19-22-25-28-31-34-37-40-43-49(55)46-53(58-48-50(56)47-54)51(44-41-38-35-32-29-26-23-20-17-14-11-8-5-2)52(57)45-42-39-36-33-30-27-24-21-18-15-12-9-6-3/h26,29,50-51,53-54,56H,4-25,27-28,30-48H2,1-3H3. The minimum Gasteiger partial charge on any atom is -0.394 e. The van der Waals surface area contributed by atoms with Crippen molar-refractivity contribution in [3.63, 3.8) is 0 Å². The summed E-state index contributed by atoms with van der Waals surface area (Å²) >= 11 is 0. The van der Waals surface area contributed by atoms with Crippen molar-refractivity contribution in [1.82, 2.24) is 0 Å². The van der Waals surface area contributed by atoms with Gasteiger partial charge < -0.3 is 14.9 Å². The van der Waals surface area contributed by atoms with E-state index in [-0.39, 0.29) is 37.1 Å². The molecule has 0 aromatic heterocycles. The number of aliphatic hydroxyl groups excluding tert-OH is 2. The van der Waals surface area contributed by atoms with Crippen LogP contribution < -0.4 is 0 Å². The lowest BCUT2D eigenvalue weighted by molar-refractivity contribution is -0.134. The fourth-order valence-electron chi connectivity index (χ4n) is 8.41. The van der Waals surface area contributed by atoms with Gasteiger partial charge in [-0.25, -0.2) is 0 Å². The van der Waals surface area contributed by atoms with Crippen LogP contribution in [0.3, 0.4) is 0 Å². The molecule has 0 heterocycles. The SMILES string of the molecule is CCCCCCCCC=CCCCCCC(C(=O)CCCCCCCCCCCCCCC)C(CC(=O)CCCCCCCCCCCCCCC)OCC(O)CO. The Morgan fingerprint density at radius 2 is 0.810 bits per heavy atom. The maximum absolute atomic E-state index is 13.9. The Labute approximate surface area is 362 Å². The van der Waals surface area contributed by atoms with Crippen LogP contribution in [0.15, 0.2) is 12.2 Å². The molecule has 344 valence electrons. The molecule has 0 radical (unpaired) electrons. The molecule has 3 unspecified atom stereocenters. The van der Waals surface area contributed by atoms with Crippen molar-refractivity contribution < 1.29 is 24.5 Å². The Kier molecular flexibility index (Phi) is 46.2. The van der Waals surface area contributed by atoms with Crippen LogP contribution in [0.4, 0.5) is 0 Å². The Hall–Kier alpha value is -1.04. The van der Waals surface area contributed by atoms with Gasteiger partial charge >= 0.3 is 0 Å². The van der Waals surface area contributed by atoms with E-state index >= 15 is 0 Å². The highest BCUT2D eigenvalue weighted by Gasteiger charge is 2.30. The number of allylic oxidation sites excluding steroid dienone is 2. The van der Waals surface area contributed by atoms with Crippen molar-refractivity contribution >= 4 is 11.6 Å². The predicted octanol–water partition coefficient (Wildman–Crippen LogP) is 16.1. The van der Waals surface area contributed by atoms with Crippen molar-refractivity contribution in [3.8, 4) is 0 Å². The van der Waals surface area contributed by atoms with Gasteiger partial charge in [0.2, 0.25) is 0 Å². The number of ketones is 2. The monoisotopic (exact) mass is 819 g/mol.